The Hall–Kier alpha value is 1.78. The fourth-order valence-electron chi connectivity index (χ4n) is 1.77. The summed E-state index contributed by atoms with van der Waals surface area (Å²) in [6.45, 7) is 0. The molecule has 116 valence electrons. The Labute approximate surface area is 207 Å². The summed E-state index contributed by atoms with van der Waals surface area (Å²) in [4.78, 5) is 0. The average Bonchev–Trinajstić information content (AvgIpc) is 2.42. The first-order valence-corrected chi connectivity index (χ1v) is 7.71. The molecule has 0 bridgehead atoms. The van der Waals surface area contributed by atoms with Crippen LogP contribution in [0.5, 0.6) is 11.5 Å². The van der Waals surface area contributed by atoms with Crippen LogP contribution in [0.3, 0.4) is 0 Å². The second-order valence-electron chi connectivity index (χ2n) is 4.14. The van der Waals surface area contributed by atoms with E-state index < -0.39 is 0 Å². The van der Waals surface area contributed by atoms with Crippen LogP contribution < -0.4 is 0 Å². The van der Waals surface area contributed by atoms with E-state index in [0.29, 0.717) is 0 Å². The van der Waals surface area contributed by atoms with Gasteiger partial charge >= 0.3 is 59.1 Å². The zero-order valence-electron chi connectivity index (χ0n) is 10.0. The average molecular weight is 455 g/mol. The molecule has 0 atom stereocenters. The van der Waals surface area contributed by atoms with Gasteiger partial charge in [-0.25, -0.2) is 0 Å². The molecule has 0 aliphatic carbocycles. The van der Waals surface area contributed by atoms with Gasteiger partial charge in [-0.05, 0) is 12.1 Å². The molecule has 0 fully saturated rings. The van der Waals surface area contributed by atoms with Crippen molar-refractivity contribution in [2.75, 3.05) is 0 Å². The molecule has 0 spiro atoms. The van der Waals surface area contributed by atoms with Crippen molar-refractivity contribution in [3.63, 3.8) is 0 Å². The topological polar surface area (TPSA) is 40.5 Å². The SMILES string of the molecule is Oc1c(Cl)cc(Cl)c(Cl)c1Cc1c(O)c(Cl)cc(Cl)c1Cl.[NaH].[NaH]. The van der Waals surface area contributed by atoms with E-state index in [2.05, 4.69) is 0 Å². The zero-order valence-corrected chi connectivity index (χ0v) is 14.6. The third-order valence-electron chi connectivity index (χ3n) is 2.83. The van der Waals surface area contributed by atoms with Crippen LogP contribution in [0.2, 0.25) is 30.1 Å². The molecule has 0 radical (unpaired) electrons. The predicted octanol–water partition coefficient (Wildman–Crippen LogP) is 5.31. The summed E-state index contributed by atoms with van der Waals surface area (Å²) in [7, 11) is 0. The molecule has 2 aromatic rings. The summed E-state index contributed by atoms with van der Waals surface area (Å²) in [5.74, 6) is -0.504. The zero-order chi connectivity index (χ0) is 15.9. The van der Waals surface area contributed by atoms with Gasteiger partial charge < -0.3 is 10.2 Å². The first-order chi connectivity index (χ1) is 9.73. The Morgan fingerprint density at radius 3 is 1.22 bits per heavy atom. The third-order valence-corrected chi connectivity index (χ3v) is 5.06. The van der Waals surface area contributed by atoms with Crippen LogP contribution in [0.4, 0.5) is 0 Å². The van der Waals surface area contributed by atoms with Crippen molar-refractivity contribution in [2.45, 2.75) is 6.42 Å². The minimum atomic E-state index is -0.252. The minimum absolute atomic E-state index is 0. The van der Waals surface area contributed by atoms with Gasteiger partial charge in [0.1, 0.15) is 11.5 Å². The van der Waals surface area contributed by atoms with Crippen molar-refractivity contribution in [1.82, 2.24) is 0 Å². The van der Waals surface area contributed by atoms with E-state index in [1.54, 1.807) is 0 Å². The molecule has 2 N–H and O–H groups in total. The normalized spacial score (nSPS) is 10.0. The summed E-state index contributed by atoms with van der Waals surface area (Å²) in [6, 6.07) is 2.63. The number of benzene rings is 2. The van der Waals surface area contributed by atoms with Gasteiger partial charge in [-0.1, -0.05) is 69.6 Å². The second kappa shape index (κ2) is 10.2. The Kier molecular flexibility index (Phi) is 11.0. The van der Waals surface area contributed by atoms with Gasteiger partial charge in [0, 0.05) is 17.5 Å². The van der Waals surface area contributed by atoms with E-state index >= 15 is 0 Å². The van der Waals surface area contributed by atoms with E-state index in [4.69, 9.17) is 69.6 Å². The van der Waals surface area contributed by atoms with Crippen LogP contribution in [0, 0.1) is 0 Å². The number of phenols is 2. The monoisotopic (exact) mass is 452 g/mol. The molecule has 0 heterocycles. The van der Waals surface area contributed by atoms with E-state index in [0.717, 1.165) is 0 Å². The van der Waals surface area contributed by atoms with Crippen LogP contribution in [0.25, 0.3) is 0 Å². The Bertz CT molecular complexity index is 625. The number of aromatic hydroxyl groups is 2. The molecule has 10 heteroatoms. The Morgan fingerprint density at radius 1 is 0.609 bits per heavy atom. The van der Waals surface area contributed by atoms with Crippen LogP contribution >= 0.6 is 69.6 Å². The summed E-state index contributed by atoms with van der Waals surface area (Å²) in [5, 5.41) is 20.6. The first-order valence-electron chi connectivity index (χ1n) is 5.44. The number of halogens is 6. The third kappa shape index (κ3) is 5.38. The molecule has 0 unspecified atom stereocenters. The van der Waals surface area contributed by atoms with Crippen molar-refractivity contribution in [2.24, 2.45) is 0 Å². The van der Waals surface area contributed by atoms with Gasteiger partial charge in [-0.15, -0.1) is 0 Å². The summed E-state index contributed by atoms with van der Waals surface area (Å²) in [5.41, 5.74) is 0.425. The number of phenolic OH excluding ortho intramolecular Hbond substituents is 2. The van der Waals surface area contributed by atoms with Crippen LogP contribution in [0.1, 0.15) is 11.1 Å². The van der Waals surface area contributed by atoms with Crippen LogP contribution in [-0.4, -0.2) is 69.3 Å². The van der Waals surface area contributed by atoms with E-state index in [9.17, 15) is 10.2 Å². The molecule has 0 aliphatic rings. The van der Waals surface area contributed by atoms with Gasteiger partial charge in [-0.3, -0.25) is 0 Å². The Balaban J connectivity index is 0.00000242. The molecular formula is C13H8Cl6Na2O2. The molecule has 2 nitrogen and oxygen atoms in total. The first kappa shape index (κ1) is 24.8. The summed E-state index contributed by atoms with van der Waals surface area (Å²) < 4.78 is 0. The van der Waals surface area contributed by atoms with Gasteiger partial charge in [0.2, 0.25) is 0 Å². The van der Waals surface area contributed by atoms with Crippen molar-refractivity contribution < 1.29 is 10.2 Å². The molecule has 0 saturated heterocycles. The van der Waals surface area contributed by atoms with Crippen LogP contribution in [-0.2, 0) is 6.42 Å². The number of rotatable bonds is 2. The maximum absolute atomic E-state index is 10.0. The predicted molar refractivity (Wildman–Crippen MR) is 103 cm³/mol. The van der Waals surface area contributed by atoms with Crippen molar-refractivity contribution >= 4 is 129 Å². The maximum atomic E-state index is 10.0. The number of hydrogen-bond acceptors (Lipinski definition) is 2. The standard InChI is InChI=1S/C13H6Cl6O2.2Na.2H/c14-6-2-8(16)12(20)4(10(6)18)1-5-11(19)7(15)3-9(17)13(5)21;;;;/h2-3,20-21H,1H2;;;;. The molecule has 23 heavy (non-hydrogen) atoms. The molecule has 0 aromatic heterocycles. The fraction of sp³-hybridized carbons (Fsp3) is 0.0769. The van der Waals surface area contributed by atoms with E-state index in [1.807, 2.05) is 0 Å². The molecular weight excluding hydrogens is 447 g/mol. The molecule has 0 amide bonds. The quantitative estimate of drug-likeness (QED) is 0.477. The molecule has 0 saturated carbocycles. The van der Waals surface area contributed by atoms with Gasteiger partial charge in [0.15, 0.2) is 0 Å². The van der Waals surface area contributed by atoms with Gasteiger partial charge in [-0.2, -0.15) is 0 Å². The van der Waals surface area contributed by atoms with Crippen molar-refractivity contribution in [3.05, 3.63) is 53.4 Å². The Morgan fingerprint density at radius 2 is 0.913 bits per heavy atom. The van der Waals surface area contributed by atoms with E-state index in [1.165, 1.54) is 12.1 Å². The molecule has 2 aromatic carbocycles. The fourth-order valence-corrected chi connectivity index (χ4v) is 3.20. The molecule has 2 rings (SSSR count). The van der Waals surface area contributed by atoms with Crippen LogP contribution in [0.15, 0.2) is 12.1 Å². The summed E-state index contributed by atoms with van der Waals surface area (Å²) >= 11 is 35.7. The summed E-state index contributed by atoms with van der Waals surface area (Å²) in [6.07, 6.45) is -0.0457. The van der Waals surface area contributed by atoms with Gasteiger partial charge in [0.05, 0.1) is 30.1 Å². The van der Waals surface area contributed by atoms with Gasteiger partial charge in [0.25, 0.3) is 0 Å². The molecule has 0 aliphatic heterocycles. The number of hydrogen-bond donors (Lipinski definition) is 2. The van der Waals surface area contributed by atoms with E-state index in [-0.39, 0.29) is 118 Å². The van der Waals surface area contributed by atoms with Crippen molar-refractivity contribution in [3.8, 4) is 11.5 Å². The van der Waals surface area contributed by atoms with Crippen molar-refractivity contribution in [1.29, 1.82) is 0 Å². The second-order valence-corrected chi connectivity index (χ2v) is 6.52.